The smallest absolute Gasteiger partial charge is 0.216 e. The molecule has 45 heavy (non-hydrogen) atoms. The fraction of sp³-hybridized carbons (Fsp3) is 0.0488. The lowest BCUT2D eigenvalue weighted by atomic mass is 9.85. The van der Waals surface area contributed by atoms with Gasteiger partial charge in [0, 0.05) is 28.1 Å². The molecule has 3 heterocycles. The Morgan fingerprint density at radius 2 is 1.16 bits per heavy atom. The predicted octanol–water partition coefficient (Wildman–Crippen LogP) is 10.0. The van der Waals surface area contributed by atoms with Crippen LogP contribution in [0.1, 0.15) is 11.5 Å². The van der Waals surface area contributed by atoms with Crippen molar-refractivity contribution >= 4 is 55.2 Å². The van der Waals surface area contributed by atoms with Crippen LogP contribution in [0.5, 0.6) is 0 Å². The van der Waals surface area contributed by atoms with Gasteiger partial charge in [0.15, 0.2) is 0 Å². The minimum atomic E-state index is 0.0429. The van der Waals surface area contributed by atoms with Crippen molar-refractivity contribution in [2.75, 3.05) is 4.90 Å². The highest BCUT2D eigenvalue weighted by Gasteiger charge is 2.37. The van der Waals surface area contributed by atoms with E-state index >= 15 is 0 Å². The number of aromatic nitrogens is 3. The first-order valence-electron chi connectivity index (χ1n) is 15.6. The molecule has 1 aliphatic carbocycles. The zero-order valence-electron chi connectivity index (χ0n) is 24.5. The van der Waals surface area contributed by atoms with Crippen molar-refractivity contribution < 1.29 is 0 Å². The van der Waals surface area contributed by atoms with E-state index in [2.05, 4.69) is 172 Å². The van der Waals surface area contributed by atoms with Crippen molar-refractivity contribution in [2.24, 2.45) is 0 Å². The SMILES string of the molecule is C1=CC2c3cc4ccccc4cc3-n3c(nc4ccccc43)N(c3cccc(-n4c5ccccc5c5ccccc54)c3)C2C=C1. The normalized spacial score (nSPS) is 17.1. The molecule has 0 saturated heterocycles. The molecule has 6 aromatic carbocycles. The fourth-order valence-electron chi connectivity index (χ4n) is 7.65. The van der Waals surface area contributed by atoms with E-state index in [9.17, 15) is 0 Å². The van der Waals surface area contributed by atoms with Gasteiger partial charge in [-0.05, 0) is 70.9 Å². The summed E-state index contributed by atoms with van der Waals surface area (Å²) >= 11 is 0. The maximum Gasteiger partial charge on any atom is 0.216 e. The third kappa shape index (κ3) is 3.51. The topological polar surface area (TPSA) is 26.0 Å². The fourth-order valence-corrected chi connectivity index (χ4v) is 7.65. The molecule has 8 aromatic rings. The van der Waals surface area contributed by atoms with Gasteiger partial charge < -0.3 is 9.47 Å². The maximum atomic E-state index is 5.36. The van der Waals surface area contributed by atoms with Gasteiger partial charge in [-0.15, -0.1) is 0 Å². The van der Waals surface area contributed by atoms with E-state index in [1.807, 2.05) is 0 Å². The standard InChI is InChI=1S/C41H28N4/c1-2-13-28-25-40-34(24-27(28)12-1)33-18-5-9-22-38(33)44(41-42-35-19-6-10-23-39(35)45(40)41)30-15-11-14-29(26-30)43-36-20-7-3-16-31(36)32-17-4-8-21-37(32)43/h1-26,33,38H. The number of allylic oxidation sites excluding steroid dienone is 2. The summed E-state index contributed by atoms with van der Waals surface area (Å²) in [6, 6.07) is 48.3. The first-order chi connectivity index (χ1) is 22.3. The molecule has 212 valence electrons. The maximum absolute atomic E-state index is 5.36. The Kier molecular flexibility index (Phi) is 5.08. The molecule has 2 atom stereocenters. The van der Waals surface area contributed by atoms with Crippen molar-refractivity contribution in [3.05, 3.63) is 163 Å². The van der Waals surface area contributed by atoms with Gasteiger partial charge in [-0.3, -0.25) is 4.57 Å². The van der Waals surface area contributed by atoms with Crippen LogP contribution in [0.2, 0.25) is 0 Å². The van der Waals surface area contributed by atoms with E-state index in [1.165, 1.54) is 43.8 Å². The summed E-state index contributed by atoms with van der Waals surface area (Å²) < 4.78 is 4.77. The highest BCUT2D eigenvalue weighted by atomic mass is 15.3. The van der Waals surface area contributed by atoms with E-state index in [0.29, 0.717) is 0 Å². The Bertz CT molecular complexity index is 2470. The van der Waals surface area contributed by atoms with E-state index < -0.39 is 0 Å². The summed E-state index contributed by atoms with van der Waals surface area (Å²) in [7, 11) is 0. The molecule has 0 spiro atoms. The summed E-state index contributed by atoms with van der Waals surface area (Å²) in [6.07, 6.45) is 9.07. The van der Waals surface area contributed by atoms with E-state index in [0.717, 1.165) is 28.4 Å². The molecule has 0 amide bonds. The first-order valence-corrected chi connectivity index (χ1v) is 15.6. The van der Waals surface area contributed by atoms with Gasteiger partial charge in [0.1, 0.15) is 0 Å². The van der Waals surface area contributed by atoms with Crippen LogP contribution >= 0.6 is 0 Å². The van der Waals surface area contributed by atoms with Crippen LogP contribution in [0.4, 0.5) is 11.6 Å². The Labute approximate surface area is 260 Å². The Balaban J connectivity index is 1.26. The number of para-hydroxylation sites is 4. The first kappa shape index (κ1) is 24.6. The summed E-state index contributed by atoms with van der Waals surface area (Å²) in [5.41, 5.74) is 9.25. The zero-order chi connectivity index (χ0) is 29.5. The van der Waals surface area contributed by atoms with E-state index in [1.54, 1.807) is 0 Å². The molecule has 0 saturated carbocycles. The zero-order valence-corrected chi connectivity index (χ0v) is 24.5. The Morgan fingerprint density at radius 1 is 0.511 bits per heavy atom. The average Bonchev–Trinajstić information content (AvgIpc) is 3.61. The van der Waals surface area contributed by atoms with E-state index in [-0.39, 0.29) is 12.0 Å². The van der Waals surface area contributed by atoms with Crippen LogP contribution in [0, 0.1) is 0 Å². The molecule has 4 nitrogen and oxygen atoms in total. The van der Waals surface area contributed by atoms with Crippen LogP contribution < -0.4 is 4.90 Å². The summed E-state index contributed by atoms with van der Waals surface area (Å²) in [4.78, 5) is 7.81. The minimum absolute atomic E-state index is 0.0429. The summed E-state index contributed by atoms with van der Waals surface area (Å²) in [5.74, 6) is 1.08. The Hall–Kier alpha value is -5.87. The van der Waals surface area contributed by atoms with Gasteiger partial charge in [-0.2, -0.15) is 0 Å². The van der Waals surface area contributed by atoms with Crippen LogP contribution in [0.25, 0.3) is 55.0 Å². The van der Waals surface area contributed by atoms with Crippen LogP contribution in [0.15, 0.2) is 158 Å². The molecule has 0 radical (unpaired) electrons. The third-order valence-corrected chi connectivity index (χ3v) is 9.60. The number of anilines is 2. The monoisotopic (exact) mass is 576 g/mol. The number of benzene rings is 6. The lowest BCUT2D eigenvalue weighted by molar-refractivity contribution is 0.691. The number of imidazole rings is 1. The van der Waals surface area contributed by atoms with Gasteiger partial charge in [-0.1, -0.05) is 103 Å². The molecule has 10 rings (SSSR count). The lowest BCUT2D eigenvalue weighted by Crippen LogP contribution is -2.35. The van der Waals surface area contributed by atoms with Crippen LogP contribution in [-0.4, -0.2) is 20.2 Å². The number of fused-ring (bicyclic) bond motifs is 11. The predicted molar refractivity (Wildman–Crippen MR) is 186 cm³/mol. The van der Waals surface area contributed by atoms with Gasteiger partial charge in [0.25, 0.3) is 0 Å². The van der Waals surface area contributed by atoms with Crippen molar-refractivity contribution in [1.82, 2.24) is 14.1 Å². The van der Waals surface area contributed by atoms with Gasteiger partial charge >= 0.3 is 0 Å². The number of nitrogens with zero attached hydrogens (tertiary/aromatic N) is 4. The molecule has 4 heteroatoms. The molecule has 0 fully saturated rings. The molecule has 2 unspecified atom stereocenters. The van der Waals surface area contributed by atoms with E-state index in [4.69, 9.17) is 4.98 Å². The Morgan fingerprint density at radius 3 is 1.96 bits per heavy atom. The molecule has 2 aliphatic rings. The number of rotatable bonds is 2. The summed E-state index contributed by atoms with van der Waals surface area (Å²) in [5, 5.41) is 5.01. The second kappa shape index (κ2) is 9.31. The van der Waals surface area contributed by atoms with Gasteiger partial charge in [0.05, 0.1) is 33.8 Å². The molecule has 0 bridgehead atoms. The summed E-state index contributed by atoms with van der Waals surface area (Å²) in [6.45, 7) is 0. The quantitative estimate of drug-likeness (QED) is 0.205. The van der Waals surface area contributed by atoms with Crippen molar-refractivity contribution in [3.8, 4) is 11.4 Å². The van der Waals surface area contributed by atoms with Crippen molar-refractivity contribution in [1.29, 1.82) is 0 Å². The van der Waals surface area contributed by atoms with Crippen LogP contribution in [0.3, 0.4) is 0 Å². The van der Waals surface area contributed by atoms with Gasteiger partial charge in [-0.25, -0.2) is 4.98 Å². The van der Waals surface area contributed by atoms with Crippen molar-refractivity contribution in [3.63, 3.8) is 0 Å². The second-order valence-corrected chi connectivity index (χ2v) is 12.0. The van der Waals surface area contributed by atoms with Crippen LogP contribution in [-0.2, 0) is 0 Å². The molecular weight excluding hydrogens is 548 g/mol. The third-order valence-electron chi connectivity index (χ3n) is 9.60. The number of hydrogen-bond donors (Lipinski definition) is 0. The van der Waals surface area contributed by atoms with Crippen molar-refractivity contribution in [2.45, 2.75) is 12.0 Å². The minimum Gasteiger partial charge on any atom is -0.309 e. The largest absolute Gasteiger partial charge is 0.309 e. The molecule has 2 aromatic heterocycles. The van der Waals surface area contributed by atoms with Gasteiger partial charge in [0.2, 0.25) is 5.95 Å². The molecular formula is C41H28N4. The highest BCUT2D eigenvalue weighted by molar-refractivity contribution is 6.09. The average molecular weight is 577 g/mol. The highest BCUT2D eigenvalue weighted by Crippen LogP contribution is 2.46. The molecule has 1 aliphatic heterocycles. The lowest BCUT2D eigenvalue weighted by Gasteiger charge is -2.34. The number of hydrogen-bond acceptors (Lipinski definition) is 2. The second-order valence-electron chi connectivity index (χ2n) is 12.0. The molecule has 0 N–H and O–H groups in total.